The van der Waals surface area contributed by atoms with Crippen molar-refractivity contribution < 1.29 is 19.0 Å². The van der Waals surface area contributed by atoms with Crippen LogP contribution in [0.1, 0.15) is 27.9 Å². The second kappa shape index (κ2) is 9.56. The van der Waals surface area contributed by atoms with Gasteiger partial charge in [0.2, 0.25) is 0 Å². The Labute approximate surface area is 180 Å². The minimum atomic E-state index is -0.322. The molecular formula is C24H23N3O4. The zero-order valence-electron chi connectivity index (χ0n) is 17.2. The van der Waals surface area contributed by atoms with Crippen LogP contribution in [0.15, 0.2) is 54.7 Å². The average Bonchev–Trinajstić information content (AvgIpc) is 2.83. The molecule has 3 aromatic rings. The van der Waals surface area contributed by atoms with Crippen LogP contribution in [0, 0.1) is 11.3 Å². The van der Waals surface area contributed by atoms with Gasteiger partial charge in [0.15, 0.2) is 6.29 Å². The van der Waals surface area contributed by atoms with Crippen LogP contribution in [-0.4, -0.2) is 43.5 Å². The Balaban J connectivity index is 1.29. The Bertz CT molecular complexity index is 1100. The molecule has 0 aliphatic carbocycles. The van der Waals surface area contributed by atoms with Gasteiger partial charge in [0.05, 0.1) is 43.5 Å². The third-order valence-electron chi connectivity index (χ3n) is 5.27. The minimum Gasteiger partial charge on any atom is -0.497 e. The summed E-state index contributed by atoms with van der Waals surface area (Å²) in [5.74, 6) is 0.588. The van der Waals surface area contributed by atoms with Crippen LogP contribution in [0.4, 0.5) is 0 Å². The number of methoxy groups -OCH3 is 1. The van der Waals surface area contributed by atoms with Crippen LogP contribution < -0.4 is 10.1 Å². The summed E-state index contributed by atoms with van der Waals surface area (Å²) in [5, 5.41) is 12.8. The number of aryl methyl sites for hydroxylation is 1. The van der Waals surface area contributed by atoms with Gasteiger partial charge in [-0.05, 0) is 60.5 Å². The van der Waals surface area contributed by atoms with E-state index in [2.05, 4.69) is 10.3 Å². The Kier molecular flexibility index (Phi) is 6.41. The van der Waals surface area contributed by atoms with E-state index in [0.717, 1.165) is 28.6 Å². The van der Waals surface area contributed by atoms with Gasteiger partial charge in [-0.25, -0.2) is 0 Å². The van der Waals surface area contributed by atoms with Crippen molar-refractivity contribution in [2.75, 3.05) is 20.3 Å². The van der Waals surface area contributed by atoms with Crippen LogP contribution in [0.3, 0.4) is 0 Å². The van der Waals surface area contributed by atoms with Gasteiger partial charge < -0.3 is 19.5 Å². The van der Waals surface area contributed by atoms with E-state index in [4.69, 9.17) is 19.5 Å². The highest BCUT2D eigenvalue weighted by atomic mass is 16.7. The second-order valence-electron chi connectivity index (χ2n) is 7.35. The fourth-order valence-electron chi connectivity index (χ4n) is 3.56. The van der Waals surface area contributed by atoms with E-state index >= 15 is 0 Å². The number of ether oxygens (including phenoxy) is 3. The Hall–Kier alpha value is -3.47. The van der Waals surface area contributed by atoms with Crippen molar-refractivity contribution in [2.24, 2.45) is 0 Å². The summed E-state index contributed by atoms with van der Waals surface area (Å²) in [6.07, 6.45) is 2.96. The molecule has 7 heteroatoms. The van der Waals surface area contributed by atoms with Crippen molar-refractivity contribution in [2.45, 2.75) is 25.2 Å². The highest BCUT2D eigenvalue weighted by Crippen LogP contribution is 2.24. The molecule has 31 heavy (non-hydrogen) atoms. The summed E-state index contributed by atoms with van der Waals surface area (Å²) in [6, 6.07) is 16.2. The van der Waals surface area contributed by atoms with Crippen LogP contribution in [-0.2, 0) is 15.9 Å². The number of rotatable bonds is 6. The summed E-state index contributed by atoms with van der Waals surface area (Å²) < 4.78 is 17.0. The Morgan fingerprint density at radius 1 is 1.19 bits per heavy atom. The molecule has 0 bridgehead atoms. The zero-order chi connectivity index (χ0) is 21.6. The maximum Gasteiger partial charge on any atom is 0.251 e. The summed E-state index contributed by atoms with van der Waals surface area (Å²) in [7, 11) is 1.65. The molecule has 1 saturated heterocycles. The summed E-state index contributed by atoms with van der Waals surface area (Å²) in [4.78, 5) is 16.8. The standard InChI is InChI=1S/C24H23N3O4/c1-29-20-7-8-22-21(12-20)17(10-11-26-22)6-9-23-30-14-19(15-31-23)27-24(28)18-4-2-16(13-25)3-5-18/h2-5,7-8,10-12,19,23H,6,9,14-15H2,1H3,(H,27,28). The van der Waals surface area contributed by atoms with Crippen LogP contribution >= 0.6 is 0 Å². The first-order chi connectivity index (χ1) is 15.2. The molecule has 1 aliphatic rings. The number of amides is 1. The Morgan fingerprint density at radius 3 is 2.68 bits per heavy atom. The number of carbonyl (C=O) groups excluding carboxylic acids is 1. The average molecular weight is 417 g/mol. The predicted octanol–water partition coefficient (Wildman–Crippen LogP) is 3.22. The van der Waals surface area contributed by atoms with E-state index in [0.29, 0.717) is 30.8 Å². The van der Waals surface area contributed by atoms with E-state index in [-0.39, 0.29) is 18.2 Å². The van der Waals surface area contributed by atoms with Gasteiger partial charge in [-0.3, -0.25) is 9.78 Å². The number of nitrogens with zero attached hydrogens (tertiary/aromatic N) is 2. The summed E-state index contributed by atoms with van der Waals surface area (Å²) in [6.45, 7) is 0.773. The number of pyridine rings is 1. The van der Waals surface area contributed by atoms with Crippen molar-refractivity contribution in [3.8, 4) is 11.8 Å². The SMILES string of the molecule is COc1ccc2nccc(CCC3OCC(NC(=O)c4ccc(C#N)cc4)CO3)c2c1. The van der Waals surface area contributed by atoms with Gasteiger partial charge in [-0.1, -0.05) is 0 Å². The number of carbonyl (C=O) groups is 1. The van der Waals surface area contributed by atoms with Crippen LogP contribution in [0.2, 0.25) is 0 Å². The normalized spacial score (nSPS) is 18.3. The lowest BCUT2D eigenvalue weighted by molar-refractivity contribution is -0.190. The highest BCUT2D eigenvalue weighted by Gasteiger charge is 2.24. The van der Waals surface area contributed by atoms with E-state index in [1.807, 2.05) is 30.3 Å². The molecule has 0 unspecified atom stereocenters. The fraction of sp³-hybridized carbons (Fsp3) is 0.292. The van der Waals surface area contributed by atoms with Crippen molar-refractivity contribution in [1.82, 2.24) is 10.3 Å². The van der Waals surface area contributed by atoms with Crippen molar-refractivity contribution in [1.29, 1.82) is 5.26 Å². The van der Waals surface area contributed by atoms with Gasteiger partial charge in [0.25, 0.3) is 5.91 Å². The van der Waals surface area contributed by atoms with Gasteiger partial charge in [0.1, 0.15) is 5.75 Å². The topological polar surface area (TPSA) is 93.5 Å². The molecule has 4 rings (SSSR count). The van der Waals surface area contributed by atoms with Gasteiger partial charge in [-0.15, -0.1) is 0 Å². The number of hydrogen-bond acceptors (Lipinski definition) is 6. The van der Waals surface area contributed by atoms with E-state index in [1.54, 1.807) is 37.6 Å². The van der Waals surface area contributed by atoms with E-state index < -0.39 is 0 Å². The molecule has 2 heterocycles. The summed E-state index contributed by atoms with van der Waals surface area (Å²) >= 11 is 0. The molecule has 1 amide bonds. The number of hydrogen-bond donors (Lipinski definition) is 1. The maximum atomic E-state index is 12.4. The number of benzene rings is 2. The van der Waals surface area contributed by atoms with E-state index in [9.17, 15) is 4.79 Å². The van der Waals surface area contributed by atoms with Crippen molar-refractivity contribution >= 4 is 16.8 Å². The van der Waals surface area contributed by atoms with Gasteiger partial charge >= 0.3 is 0 Å². The molecule has 0 radical (unpaired) electrons. The summed E-state index contributed by atoms with van der Waals surface area (Å²) in [5.41, 5.74) is 3.10. The monoisotopic (exact) mass is 417 g/mol. The lowest BCUT2D eigenvalue weighted by atomic mass is 10.0. The molecule has 0 atom stereocenters. The van der Waals surface area contributed by atoms with E-state index in [1.165, 1.54) is 0 Å². The molecule has 7 nitrogen and oxygen atoms in total. The molecule has 1 aliphatic heterocycles. The van der Waals surface area contributed by atoms with Gasteiger partial charge in [0, 0.05) is 23.6 Å². The van der Waals surface area contributed by atoms with Crippen LogP contribution in [0.25, 0.3) is 10.9 Å². The lowest BCUT2D eigenvalue weighted by Crippen LogP contribution is -2.47. The molecule has 1 N–H and O–H groups in total. The highest BCUT2D eigenvalue weighted by molar-refractivity contribution is 5.94. The zero-order valence-corrected chi connectivity index (χ0v) is 17.2. The molecule has 158 valence electrons. The number of nitrogens with one attached hydrogen (secondary N) is 1. The minimum absolute atomic E-state index is 0.211. The number of aromatic nitrogens is 1. The molecule has 0 saturated carbocycles. The fourth-order valence-corrected chi connectivity index (χ4v) is 3.56. The van der Waals surface area contributed by atoms with Crippen molar-refractivity contribution in [3.05, 3.63) is 71.4 Å². The molecule has 1 fully saturated rings. The molecule has 1 aromatic heterocycles. The van der Waals surface area contributed by atoms with Crippen LogP contribution in [0.5, 0.6) is 5.75 Å². The quantitative estimate of drug-likeness (QED) is 0.662. The third kappa shape index (κ3) is 5.00. The number of nitriles is 1. The second-order valence-corrected chi connectivity index (χ2v) is 7.35. The first-order valence-electron chi connectivity index (χ1n) is 10.1. The Morgan fingerprint density at radius 2 is 1.97 bits per heavy atom. The predicted molar refractivity (Wildman–Crippen MR) is 115 cm³/mol. The molecule has 0 spiro atoms. The molecular weight excluding hydrogens is 394 g/mol. The lowest BCUT2D eigenvalue weighted by Gasteiger charge is -2.30. The van der Waals surface area contributed by atoms with Gasteiger partial charge in [-0.2, -0.15) is 5.26 Å². The largest absolute Gasteiger partial charge is 0.497 e. The molecule has 2 aromatic carbocycles. The first kappa shape index (κ1) is 20.8. The third-order valence-corrected chi connectivity index (χ3v) is 5.27. The first-order valence-corrected chi connectivity index (χ1v) is 10.1. The maximum absolute atomic E-state index is 12.4. The smallest absolute Gasteiger partial charge is 0.251 e. The number of fused-ring (bicyclic) bond motifs is 1. The van der Waals surface area contributed by atoms with Crippen molar-refractivity contribution in [3.63, 3.8) is 0 Å².